The number of nitrogens with one attached hydrogen (secondary N) is 1. The zero-order valence-corrected chi connectivity index (χ0v) is 14.9. The van der Waals surface area contributed by atoms with Crippen LogP contribution in [0.3, 0.4) is 0 Å². The fourth-order valence-electron chi connectivity index (χ4n) is 2.47. The predicted octanol–water partition coefficient (Wildman–Crippen LogP) is 4.95. The zero-order valence-electron chi connectivity index (χ0n) is 14.9. The van der Waals surface area contributed by atoms with Gasteiger partial charge >= 0.3 is 0 Å². The number of nitriles is 1. The highest BCUT2D eigenvalue weighted by Crippen LogP contribution is 2.17. The van der Waals surface area contributed by atoms with Crippen LogP contribution in [-0.4, -0.2) is 5.91 Å². The number of para-hydroxylation sites is 1. The van der Waals surface area contributed by atoms with Crippen molar-refractivity contribution in [3.63, 3.8) is 0 Å². The van der Waals surface area contributed by atoms with Crippen molar-refractivity contribution in [1.29, 1.82) is 5.26 Å². The lowest BCUT2D eigenvalue weighted by Crippen LogP contribution is -2.13. The molecule has 1 amide bonds. The molecule has 1 N–H and O–H groups in total. The molecule has 0 heterocycles. The lowest BCUT2D eigenvalue weighted by molar-refractivity contribution is -0.112. The van der Waals surface area contributed by atoms with E-state index in [0.29, 0.717) is 22.6 Å². The molecule has 3 rings (SSSR count). The summed E-state index contributed by atoms with van der Waals surface area (Å²) in [7, 11) is 0. The van der Waals surface area contributed by atoms with Crippen LogP contribution < -0.4 is 10.1 Å². The molecule has 28 heavy (non-hydrogen) atoms. The van der Waals surface area contributed by atoms with Gasteiger partial charge in [0.25, 0.3) is 5.91 Å². The molecule has 4 nitrogen and oxygen atoms in total. The molecule has 0 fully saturated rings. The lowest BCUT2D eigenvalue weighted by atomic mass is 10.1. The first-order valence-electron chi connectivity index (χ1n) is 8.60. The number of hydrogen-bond acceptors (Lipinski definition) is 3. The van der Waals surface area contributed by atoms with Crippen molar-refractivity contribution in [2.24, 2.45) is 0 Å². The standard InChI is InChI=1S/C23H17FN2O2/c24-22-9-5-4-6-18(22)16-28-21-12-10-17(11-13-21)14-19(15-25)23(27)26-20-7-2-1-3-8-20/h1-14H,16H2,(H,26,27)/b19-14+. The highest BCUT2D eigenvalue weighted by atomic mass is 19.1. The third kappa shape index (κ3) is 5.05. The molecule has 0 spiro atoms. The van der Waals surface area contributed by atoms with Crippen molar-refractivity contribution in [3.8, 4) is 11.8 Å². The fourth-order valence-corrected chi connectivity index (χ4v) is 2.47. The Morgan fingerprint density at radius 1 is 1.00 bits per heavy atom. The van der Waals surface area contributed by atoms with Crippen molar-refractivity contribution in [2.75, 3.05) is 5.32 Å². The van der Waals surface area contributed by atoms with E-state index >= 15 is 0 Å². The molecule has 138 valence electrons. The SMILES string of the molecule is N#C/C(=C\c1ccc(OCc2ccccc2F)cc1)C(=O)Nc1ccccc1. The minimum absolute atomic E-state index is 0.0103. The van der Waals surface area contributed by atoms with Crippen LogP contribution in [0, 0.1) is 17.1 Å². The van der Waals surface area contributed by atoms with Crippen LogP contribution >= 0.6 is 0 Å². The average Bonchev–Trinajstić information content (AvgIpc) is 2.73. The molecule has 0 saturated carbocycles. The van der Waals surface area contributed by atoms with Gasteiger partial charge in [-0.25, -0.2) is 4.39 Å². The summed E-state index contributed by atoms with van der Waals surface area (Å²) in [5, 5.41) is 12.0. The maximum atomic E-state index is 13.6. The van der Waals surface area contributed by atoms with Crippen LogP contribution in [0.1, 0.15) is 11.1 Å². The van der Waals surface area contributed by atoms with E-state index in [1.54, 1.807) is 66.7 Å². The van der Waals surface area contributed by atoms with Gasteiger partial charge in [0, 0.05) is 11.3 Å². The fraction of sp³-hybridized carbons (Fsp3) is 0.0435. The quantitative estimate of drug-likeness (QED) is 0.492. The topological polar surface area (TPSA) is 62.1 Å². The predicted molar refractivity (Wildman–Crippen MR) is 106 cm³/mol. The largest absolute Gasteiger partial charge is 0.489 e. The van der Waals surface area contributed by atoms with Crippen LogP contribution in [-0.2, 0) is 11.4 Å². The second-order valence-electron chi connectivity index (χ2n) is 5.94. The normalized spacial score (nSPS) is 10.8. The summed E-state index contributed by atoms with van der Waals surface area (Å²) < 4.78 is 19.2. The number of rotatable bonds is 6. The highest BCUT2D eigenvalue weighted by molar-refractivity contribution is 6.09. The van der Waals surface area contributed by atoms with Gasteiger partial charge in [-0.2, -0.15) is 5.26 Å². The molecule has 0 aromatic heterocycles. The maximum Gasteiger partial charge on any atom is 0.266 e. The summed E-state index contributed by atoms with van der Waals surface area (Å²) in [6.07, 6.45) is 1.50. The molecule has 0 aliphatic carbocycles. The summed E-state index contributed by atoms with van der Waals surface area (Å²) in [6, 6.07) is 24.1. The Labute approximate surface area is 162 Å². The molecule has 3 aromatic carbocycles. The summed E-state index contributed by atoms with van der Waals surface area (Å²) >= 11 is 0. The van der Waals surface area contributed by atoms with E-state index in [-0.39, 0.29) is 18.0 Å². The van der Waals surface area contributed by atoms with Gasteiger partial charge in [-0.15, -0.1) is 0 Å². The maximum absolute atomic E-state index is 13.6. The molecule has 0 unspecified atom stereocenters. The van der Waals surface area contributed by atoms with Crippen molar-refractivity contribution in [2.45, 2.75) is 6.61 Å². The summed E-state index contributed by atoms with van der Waals surface area (Å²) in [5.41, 5.74) is 1.75. The Morgan fingerprint density at radius 2 is 1.68 bits per heavy atom. The minimum Gasteiger partial charge on any atom is -0.489 e. The second-order valence-corrected chi connectivity index (χ2v) is 5.94. The third-order valence-electron chi connectivity index (χ3n) is 3.94. The molecule has 0 aliphatic rings. The number of hydrogen-bond donors (Lipinski definition) is 1. The van der Waals surface area contributed by atoms with E-state index in [2.05, 4.69) is 5.32 Å². The van der Waals surface area contributed by atoms with Crippen LogP contribution in [0.5, 0.6) is 5.75 Å². The van der Waals surface area contributed by atoms with E-state index in [1.807, 2.05) is 12.1 Å². The Hall–Kier alpha value is -3.91. The molecule has 0 atom stereocenters. The second kappa shape index (κ2) is 9.15. The Balaban J connectivity index is 1.65. The first-order valence-corrected chi connectivity index (χ1v) is 8.60. The van der Waals surface area contributed by atoms with Crippen molar-refractivity contribution >= 4 is 17.7 Å². The van der Waals surface area contributed by atoms with Gasteiger partial charge in [-0.05, 0) is 42.0 Å². The van der Waals surface area contributed by atoms with Crippen molar-refractivity contribution < 1.29 is 13.9 Å². The van der Waals surface area contributed by atoms with Gasteiger partial charge in [0.05, 0.1) is 0 Å². The van der Waals surface area contributed by atoms with Crippen molar-refractivity contribution in [1.82, 2.24) is 0 Å². The van der Waals surface area contributed by atoms with E-state index in [1.165, 1.54) is 12.1 Å². The van der Waals surface area contributed by atoms with E-state index < -0.39 is 5.91 Å². The van der Waals surface area contributed by atoms with Crippen LogP contribution in [0.2, 0.25) is 0 Å². The number of amides is 1. The number of halogens is 1. The smallest absolute Gasteiger partial charge is 0.266 e. The third-order valence-corrected chi connectivity index (χ3v) is 3.94. The Kier molecular flexibility index (Phi) is 6.17. The van der Waals surface area contributed by atoms with Crippen LogP contribution in [0.4, 0.5) is 10.1 Å². The Bertz CT molecular complexity index is 1020. The van der Waals surface area contributed by atoms with Gasteiger partial charge in [0.15, 0.2) is 0 Å². The number of carbonyl (C=O) groups excluding carboxylic acids is 1. The van der Waals surface area contributed by atoms with E-state index in [4.69, 9.17) is 4.74 Å². The number of anilines is 1. The molecular weight excluding hydrogens is 355 g/mol. The molecule has 0 aliphatic heterocycles. The molecule has 0 saturated heterocycles. The van der Waals surface area contributed by atoms with Gasteiger partial charge in [0.1, 0.15) is 29.8 Å². The van der Waals surface area contributed by atoms with Crippen molar-refractivity contribution in [3.05, 3.63) is 101 Å². The van der Waals surface area contributed by atoms with E-state index in [0.717, 1.165) is 0 Å². The number of nitrogens with zero attached hydrogens (tertiary/aromatic N) is 1. The average molecular weight is 372 g/mol. The zero-order chi connectivity index (χ0) is 19.8. The van der Waals surface area contributed by atoms with Gasteiger partial charge in [0.2, 0.25) is 0 Å². The molecule has 3 aromatic rings. The summed E-state index contributed by atoms with van der Waals surface area (Å²) in [4.78, 5) is 12.2. The monoisotopic (exact) mass is 372 g/mol. The Morgan fingerprint density at radius 3 is 2.36 bits per heavy atom. The molecule has 5 heteroatoms. The van der Waals surface area contributed by atoms with Gasteiger partial charge < -0.3 is 10.1 Å². The minimum atomic E-state index is -0.478. The highest BCUT2D eigenvalue weighted by Gasteiger charge is 2.09. The molecule has 0 bridgehead atoms. The number of ether oxygens (including phenoxy) is 1. The summed E-state index contributed by atoms with van der Waals surface area (Å²) in [6.45, 7) is 0.116. The van der Waals surface area contributed by atoms with Gasteiger partial charge in [-0.3, -0.25) is 4.79 Å². The molecular formula is C23H17FN2O2. The lowest BCUT2D eigenvalue weighted by Gasteiger charge is -2.07. The molecule has 0 radical (unpaired) electrons. The number of benzene rings is 3. The first-order chi connectivity index (χ1) is 13.7. The van der Waals surface area contributed by atoms with Gasteiger partial charge in [-0.1, -0.05) is 48.5 Å². The first kappa shape index (κ1) is 18.9. The van der Waals surface area contributed by atoms with Crippen LogP contribution in [0.25, 0.3) is 6.08 Å². The van der Waals surface area contributed by atoms with Crippen LogP contribution in [0.15, 0.2) is 84.4 Å². The number of carbonyl (C=O) groups is 1. The van der Waals surface area contributed by atoms with E-state index in [9.17, 15) is 14.4 Å². The summed E-state index contributed by atoms with van der Waals surface area (Å²) in [5.74, 6) is -0.230.